The van der Waals surface area contributed by atoms with E-state index in [9.17, 15) is 8.42 Å². The molecule has 8 heteroatoms. The SMILES string of the molecule is NC(=S)c1cc(Br)ccc1NS(=O)(=O)c1cccs1. The van der Waals surface area contributed by atoms with Gasteiger partial charge in [0, 0.05) is 10.0 Å². The molecule has 2 aromatic rings. The molecule has 0 amide bonds. The number of nitrogens with one attached hydrogen (secondary N) is 1. The number of anilines is 1. The van der Waals surface area contributed by atoms with Crippen LogP contribution in [0.4, 0.5) is 5.69 Å². The van der Waals surface area contributed by atoms with E-state index in [0.717, 1.165) is 15.8 Å². The van der Waals surface area contributed by atoms with Crippen LogP contribution >= 0.6 is 39.5 Å². The van der Waals surface area contributed by atoms with Crippen molar-refractivity contribution in [2.24, 2.45) is 5.73 Å². The van der Waals surface area contributed by atoms with Crippen molar-refractivity contribution in [3.05, 3.63) is 45.7 Å². The van der Waals surface area contributed by atoms with Crippen molar-refractivity contribution >= 4 is 60.2 Å². The standard InChI is InChI=1S/C11H9BrN2O2S3/c12-7-3-4-9(8(6-7)11(13)17)14-19(15,16)10-2-1-5-18-10/h1-6,14H,(H2,13,17). The highest BCUT2D eigenvalue weighted by molar-refractivity contribution is 9.10. The van der Waals surface area contributed by atoms with Gasteiger partial charge in [-0.3, -0.25) is 4.72 Å². The lowest BCUT2D eigenvalue weighted by molar-refractivity contribution is 0.603. The van der Waals surface area contributed by atoms with Gasteiger partial charge >= 0.3 is 0 Å². The number of thiophene rings is 1. The molecule has 0 unspecified atom stereocenters. The average Bonchev–Trinajstić information content (AvgIpc) is 2.85. The van der Waals surface area contributed by atoms with Gasteiger partial charge < -0.3 is 5.73 Å². The molecule has 0 fully saturated rings. The number of benzene rings is 1. The third-order valence-corrected chi connectivity index (χ3v) is 5.73. The van der Waals surface area contributed by atoms with Crippen LogP contribution in [0, 0.1) is 0 Å². The summed E-state index contributed by atoms with van der Waals surface area (Å²) < 4.78 is 27.8. The minimum absolute atomic E-state index is 0.130. The molecule has 0 radical (unpaired) electrons. The molecule has 2 rings (SSSR count). The maximum atomic E-state index is 12.1. The van der Waals surface area contributed by atoms with Gasteiger partial charge in [-0.15, -0.1) is 11.3 Å². The van der Waals surface area contributed by atoms with E-state index in [-0.39, 0.29) is 9.20 Å². The Morgan fingerprint density at radius 2 is 2.11 bits per heavy atom. The second kappa shape index (κ2) is 5.58. The third kappa shape index (κ3) is 3.33. The predicted octanol–water partition coefficient (Wildman–Crippen LogP) is 2.95. The van der Waals surface area contributed by atoms with Gasteiger partial charge in [0.05, 0.1) is 5.69 Å². The van der Waals surface area contributed by atoms with E-state index in [4.69, 9.17) is 18.0 Å². The van der Waals surface area contributed by atoms with Crippen LogP contribution in [0.5, 0.6) is 0 Å². The van der Waals surface area contributed by atoms with Crippen molar-refractivity contribution in [3.8, 4) is 0 Å². The fraction of sp³-hybridized carbons (Fsp3) is 0. The summed E-state index contributed by atoms with van der Waals surface area (Å²) in [5.41, 5.74) is 6.44. The molecular weight excluding hydrogens is 368 g/mol. The number of sulfonamides is 1. The normalized spacial score (nSPS) is 11.2. The first kappa shape index (κ1) is 14.4. The maximum absolute atomic E-state index is 12.1. The zero-order chi connectivity index (χ0) is 14.0. The van der Waals surface area contributed by atoms with Crippen molar-refractivity contribution in [3.63, 3.8) is 0 Å². The molecule has 1 heterocycles. The van der Waals surface area contributed by atoms with Crippen LogP contribution in [0.1, 0.15) is 5.56 Å². The summed E-state index contributed by atoms with van der Waals surface area (Å²) in [5.74, 6) is 0. The second-order valence-electron chi connectivity index (χ2n) is 3.59. The molecule has 0 atom stereocenters. The molecule has 0 saturated heterocycles. The molecule has 100 valence electrons. The summed E-state index contributed by atoms with van der Waals surface area (Å²) in [6, 6.07) is 8.22. The predicted molar refractivity (Wildman–Crippen MR) is 85.2 cm³/mol. The van der Waals surface area contributed by atoms with E-state index in [1.165, 1.54) is 6.07 Å². The molecular formula is C11H9BrN2O2S3. The van der Waals surface area contributed by atoms with Gasteiger partial charge in [0.25, 0.3) is 10.0 Å². The smallest absolute Gasteiger partial charge is 0.271 e. The minimum atomic E-state index is -3.60. The highest BCUT2D eigenvalue weighted by atomic mass is 79.9. The van der Waals surface area contributed by atoms with E-state index in [0.29, 0.717) is 11.3 Å². The first-order valence-electron chi connectivity index (χ1n) is 5.06. The van der Waals surface area contributed by atoms with Gasteiger partial charge in [-0.25, -0.2) is 8.42 Å². The molecule has 4 nitrogen and oxygen atoms in total. The first-order chi connectivity index (χ1) is 8.90. The Labute approximate surface area is 128 Å². The number of hydrogen-bond donors (Lipinski definition) is 2. The minimum Gasteiger partial charge on any atom is -0.389 e. The Bertz CT molecular complexity index is 712. The molecule has 0 spiro atoms. The molecule has 0 saturated carbocycles. The van der Waals surface area contributed by atoms with E-state index >= 15 is 0 Å². The summed E-state index contributed by atoms with van der Waals surface area (Å²) in [6.07, 6.45) is 0. The molecule has 1 aromatic carbocycles. The Morgan fingerprint density at radius 3 is 2.68 bits per heavy atom. The number of rotatable bonds is 4. The molecule has 19 heavy (non-hydrogen) atoms. The van der Waals surface area contributed by atoms with Crippen LogP contribution in [-0.4, -0.2) is 13.4 Å². The van der Waals surface area contributed by atoms with E-state index in [2.05, 4.69) is 20.7 Å². The highest BCUT2D eigenvalue weighted by Gasteiger charge is 2.17. The van der Waals surface area contributed by atoms with Crippen molar-refractivity contribution in [1.29, 1.82) is 0 Å². The zero-order valence-electron chi connectivity index (χ0n) is 9.46. The van der Waals surface area contributed by atoms with Crippen LogP contribution in [0.2, 0.25) is 0 Å². The second-order valence-corrected chi connectivity index (χ2v) is 7.80. The van der Waals surface area contributed by atoms with Gasteiger partial charge in [0.1, 0.15) is 9.20 Å². The quantitative estimate of drug-likeness (QED) is 0.804. The molecule has 0 aliphatic heterocycles. The van der Waals surface area contributed by atoms with E-state index < -0.39 is 10.0 Å². The number of nitrogens with two attached hydrogens (primary N) is 1. The molecule has 0 aliphatic carbocycles. The van der Waals surface area contributed by atoms with Gasteiger partial charge in [-0.2, -0.15) is 0 Å². The Morgan fingerprint density at radius 1 is 1.37 bits per heavy atom. The first-order valence-corrected chi connectivity index (χ1v) is 8.62. The number of thiocarbonyl (C=S) groups is 1. The van der Waals surface area contributed by atoms with Crippen LogP contribution in [-0.2, 0) is 10.0 Å². The third-order valence-electron chi connectivity index (χ3n) is 2.25. The monoisotopic (exact) mass is 376 g/mol. The van der Waals surface area contributed by atoms with Crippen LogP contribution < -0.4 is 10.5 Å². The number of hydrogen-bond acceptors (Lipinski definition) is 4. The molecule has 0 aliphatic rings. The average molecular weight is 377 g/mol. The fourth-order valence-corrected chi connectivity index (χ4v) is 4.02. The maximum Gasteiger partial charge on any atom is 0.271 e. The largest absolute Gasteiger partial charge is 0.389 e. The Balaban J connectivity index is 2.42. The topological polar surface area (TPSA) is 72.2 Å². The van der Waals surface area contributed by atoms with Crippen molar-refractivity contribution in [2.75, 3.05) is 4.72 Å². The summed E-state index contributed by atoms with van der Waals surface area (Å²) >= 11 is 9.36. The fourth-order valence-electron chi connectivity index (χ4n) is 1.42. The summed E-state index contributed by atoms with van der Waals surface area (Å²) in [7, 11) is -3.60. The highest BCUT2D eigenvalue weighted by Crippen LogP contribution is 2.25. The van der Waals surface area contributed by atoms with Crippen molar-refractivity contribution < 1.29 is 8.42 Å². The van der Waals surface area contributed by atoms with Crippen LogP contribution in [0.15, 0.2) is 44.4 Å². The summed E-state index contributed by atoms with van der Waals surface area (Å²) in [4.78, 5) is 0.130. The summed E-state index contributed by atoms with van der Waals surface area (Å²) in [6.45, 7) is 0. The lowest BCUT2D eigenvalue weighted by Crippen LogP contribution is -2.17. The molecule has 3 N–H and O–H groups in total. The van der Waals surface area contributed by atoms with Crippen molar-refractivity contribution in [1.82, 2.24) is 0 Å². The Hall–Kier alpha value is -0.960. The molecule has 0 bridgehead atoms. The van der Waals surface area contributed by atoms with Gasteiger partial charge in [-0.05, 0) is 29.6 Å². The van der Waals surface area contributed by atoms with Crippen LogP contribution in [0.25, 0.3) is 0 Å². The van der Waals surface area contributed by atoms with E-state index in [1.807, 2.05) is 0 Å². The van der Waals surface area contributed by atoms with E-state index in [1.54, 1.807) is 29.6 Å². The zero-order valence-corrected chi connectivity index (χ0v) is 13.5. The molecule has 1 aromatic heterocycles. The van der Waals surface area contributed by atoms with Gasteiger partial charge in [-0.1, -0.05) is 34.2 Å². The van der Waals surface area contributed by atoms with Gasteiger partial charge in [0.2, 0.25) is 0 Å². The van der Waals surface area contributed by atoms with Crippen LogP contribution in [0.3, 0.4) is 0 Å². The lowest BCUT2D eigenvalue weighted by atomic mass is 10.2. The Kier molecular flexibility index (Phi) is 4.24. The number of halogens is 1. The van der Waals surface area contributed by atoms with Gasteiger partial charge in [0.15, 0.2) is 0 Å². The lowest BCUT2D eigenvalue weighted by Gasteiger charge is -2.11. The summed E-state index contributed by atoms with van der Waals surface area (Å²) in [5, 5.41) is 1.70. The van der Waals surface area contributed by atoms with Crippen molar-refractivity contribution in [2.45, 2.75) is 4.21 Å².